The normalized spacial score (nSPS) is 18.7. The molecule has 1 amide bonds. The summed E-state index contributed by atoms with van der Waals surface area (Å²) in [5.74, 6) is 0.206. The number of hydrogen-bond acceptors (Lipinski definition) is 3. The van der Waals surface area contributed by atoms with E-state index in [-0.39, 0.29) is 17.9 Å². The van der Waals surface area contributed by atoms with E-state index in [4.69, 9.17) is 0 Å². The molecule has 0 spiro atoms. The SMILES string of the molecule is CCC(O)CN1CCC(C(=O)Nc2ccccc2)CC1. The van der Waals surface area contributed by atoms with E-state index in [1.807, 2.05) is 37.3 Å². The molecule has 110 valence electrons. The second kappa shape index (κ2) is 7.41. The van der Waals surface area contributed by atoms with Gasteiger partial charge in [0, 0.05) is 18.2 Å². The molecule has 0 aromatic heterocycles. The second-order valence-electron chi connectivity index (χ2n) is 5.49. The number of piperidine rings is 1. The molecule has 1 atom stereocenters. The molecule has 1 aromatic rings. The van der Waals surface area contributed by atoms with Crippen molar-refractivity contribution < 1.29 is 9.90 Å². The van der Waals surface area contributed by atoms with Gasteiger partial charge in [-0.25, -0.2) is 0 Å². The van der Waals surface area contributed by atoms with Gasteiger partial charge >= 0.3 is 0 Å². The number of carbonyl (C=O) groups excluding carboxylic acids is 1. The zero-order valence-electron chi connectivity index (χ0n) is 12.1. The lowest BCUT2D eigenvalue weighted by atomic mass is 9.95. The van der Waals surface area contributed by atoms with Crippen molar-refractivity contribution in [3.8, 4) is 0 Å². The predicted octanol–water partition coefficient (Wildman–Crippen LogP) is 2.11. The Morgan fingerprint density at radius 2 is 2.00 bits per heavy atom. The molecule has 1 aromatic carbocycles. The quantitative estimate of drug-likeness (QED) is 0.866. The molecule has 0 radical (unpaired) electrons. The number of rotatable bonds is 5. The Labute approximate surface area is 120 Å². The lowest BCUT2D eigenvalue weighted by Crippen LogP contribution is -2.41. The zero-order valence-corrected chi connectivity index (χ0v) is 12.1. The third-order valence-corrected chi connectivity index (χ3v) is 3.94. The minimum atomic E-state index is -0.246. The molecule has 4 nitrogen and oxygen atoms in total. The molecule has 2 rings (SSSR count). The van der Waals surface area contributed by atoms with Crippen LogP contribution in [0.5, 0.6) is 0 Å². The number of hydrogen-bond donors (Lipinski definition) is 2. The van der Waals surface area contributed by atoms with E-state index >= 15 is 0 Å². The van der Waals surface area contributed by atoms with Crippen molar-refractivity contribution in [3.63, 3.8) is 0 Å². The van der Waals surface area contributed by atoms with Crippen molar-refractivity contribution >= 4 is 11.6 Å². The molecule has 20 heavy (non-hydrogen) atoms. The Bertz CT molecular complexity index is 414. The molecule has 0 aliphatic carbocycles. The van der Waals surface area contributed by atoms with E-state index in [9.17, 15) is 9.90 Å². The van der Waals surface area contributed by atoms with Crippen molar-refractivity contribution in [1.82, 2.24) is 4.90 Å². The monoisotopic (exact) mass is 276 g/mol. The second-order valence-corrected chi connectivity index (χ2v) is 5.49. The predicted molar refractivity (Wildman–Crippen MR) is 80.5 cm³/mol. The van der Waals surface area contributed by atoms with Gasteiger partial charge in [0.05, 0.1) is 6.10 Å². The van der Waals surface area contributed by atoms with Crippen molar-refractivity contribution in [2.45, 2.75) is 32.3 Å². The van der Waals surface area contributed by atoms with Gasteiger partial charge in [-0.1, -0.05) is 25.1 Å². The number of benzene rings is 1. The Hall–Kier alpha value is -1.39. The molecule has 1 fully saturated rings. The standard InChI is InChI=1S/C16H24N2O2/c1-2-15(19)12-18-10-8-13(9-11-18)16(20)17-14-6-4-3-5-7-14/h3-7,13,15,19H,2,8-12H2,1H3,(H,17,20). The Balaban J connectivity index is 1.77. The average molecular weight is 276 g/mol. The highest BCUT2D eigenvalue weighted by Gasteiger charge is 2.25. The first-order valence-corrected chi connectivity index (χ1v) is 7.45. The van der Waals surface area contributed by atoms with Crippen molar-refractivity contribution in [3.05, 3.63) is 30.3 Å². The van der Waals surface area contributed by atoms with Gasteiger partial charge in [-0.3, -0.25) is 4.79 Å². The third kappa shape index (κ3) is 4.32. The van der Waals surface area contributed by atoms with Crippen LogP contribution in [-0.2, 0) is 4.79 Å². The summed E-state index contributed by atoms with van der Waals surface area (Å²) in [6.45, 7) is 4.50. The number of aliphatic hydroxyl groups is 1. The van der Waals surface area contributed by atoms with Crippen LogP contribution in [-0.4, -0.2) is 41.7 Å². The first-order valence-electron chi connectivity index (χ1n) is 7.45. The largest absolute Gasteiger partial charge is 0.392 e. The molecule has 4 heteroatoms. The summed E-state index contributed by atoms with van der Waals surface area (Å²) in [6.07, 6.45) is 2.28. The van der Waals surface area contributed by atoms with Gasteiger partial charge in [0.25, 0.3) is 0 Å². The van der Waals surface area contributed by atoms with E-state index in [1.165, 1.54) is 0 Å². The number of anilines is 1. The van der Waals surface area contributed by atoms with Crippen LogP contribution in [0.25, 0.3) is 0 Å². The van der Waals surface area contributed by atoms with Crippen molar-refractivity contribution in [1.29, 1.82) is 0 Å². The van der Waals surface area contributed by atoms with Crippen molar-refractivity contribution in [2.24, 2.45) is 5.92 Å². The van der Waals surface area contributed by atoms with E-state index in [1.54, 1.807) is 0 Å². The minimum Gasteiger partial charge on any atom is -0.392 e. The van der Waals surface area contributed by atoms with Gasteiger partial charge in [0.1, 0.15) is 0 Å². The molecule has 0 saturated carbocycles. The van der Waals surface area contributed by atoms with Gasteiger partial charge in [0.2, 0.25) is 5.91 Å². The highest BCUT2D eigenvalue weighted by molar-refractivity contribution is 5.92. The Morgan fingerprint density at radius 3 is 2.60 bits per heavy atom. The molecule has 1 heterocycles. The number of carbonyl (C=O) groups is 1. The number of nitrogens with zero attached hydrogens (tertiary/aromatic N) is 1. The van der Waals surface area contributed by atoms with Gasteiger partial charge in [0.15, 0.2) is 0 Å². The summed E-state index contributed by atoms with van der Waals surface area (Å²) in [4.78, 5) is 14.4. The fourth-order valence-corrected chi connectivity index (χ4v) is 2.57. The average Bonchev–Trinajstić information content (AvgIpc) is 2.49. The van der Waals surface area contributed by atoms with Gasteiger partial charge in [-0.2, -0.15) is 0 Å². The first kappa shape index (κ1) is 15.0. The molecule has 1 aliphatic rings. The fraction of sp³-hybridized carbons (Fsp3) is 0.562. The fourth-order valence-electron chi connectivity index (χ4n) is 2.57. The lowest BCUT2D eigenvalue weighted by Gasteiger charge is -2.32. The number of β-amino-alcohol motifs (C(OH)–C–C–N with tert-alkyl or cyclic N) is 1. The van der Waals surface area contributed by atoms with Crippen LogP contribution in [0, 0.1) is 5.92 Å². The Kier molecular flexibility index (Phi) is 5.56. The lowest BCUT2D eigenvalue weighted by molar-refractivity contribution is -0.121. The maximum atomic E-state index is 12.2. The van der Waals surface area contributed by atoms with Gasteiger partial charge in [-0.15, -0.1) is 0 Å². The van der Waals surface area contributed by atoms with Crippen LogP contribution in [0.1, 0.15) is 26.2 Å². The molecule has 1 saturated heterocycles. The van der Waals surface area contributed by atoms with Gasteiger partial charge < -0.3 is 15.3 Å². The third-order valence-electron chi connectivity index (χ3n) is 3.94. The van der Waals surface area contributed by atoms with E-state index in [0.717, 1.165) is 44.6 Å². The zero-order chi connectivity index (χ0) is 14.4. The molecular formula is C16H24N2O2. The topological polar surface area (TPSA) is 52.6 Å². The number of likely N-dealkylation sites (tertiary alicyclic amines) is 1. The molecular weight excluding hydrogens is 252 g/mol. The van der Waals surface area contributed by atoms with Crippen LogP contribution in [0.2, 0.25) is 0 Å². The summed E-state index contributed by atoms with van der Waals surface area (Å²) in [5.41, 5.74) is 0.862. The van der Waals surface area contributed by atoms with Crippen LogP contribution < -0.4 is 5.32 Å². The van der Waals surface area contributed by atoms with E-state index in [2.05, 4.69) is 10.2 Å². The Morgan fingerprint density at radius 1 is 1.35 bits per heavy atom. The van der Waals surface area contributed by atoms with Crippen LogP contribution in [0.4, 0.5) is 5.69 Å². The molecule has 2 N–H and O–H groups in total. The summed E-state index contributed by atoms with van der Waals surface area (Å²) in [7, 11) is 0. The van der Waals surface area contributed by atoms with Gasteiger partial charge in [-0.05, 0) is 44.5 Å². The molecule has 0 bridgehead atoms. The van der Waals surface area contributed by atoms with E-state index < -0.39 is 0 Å². The number of nitrogens with one attached hydrogen (secondary N) is 1. The summed E-state index contributed by atoms with van der Waals surface area (Å²) in [6, 6.07) is 9.59. The van der Waals surface area contributed by atoms with Crippen LogP contribution in [0.3, 0.4) is 0 Å². The van der Waals surface area contributed by atoms with Crippen molar-refractivity contribution in [2.75, 3.05) is 25.0 Å². The highest BCUT2D eigenvalue weighted by atomic mass is 16.3. The highest BCUT2D eigenvalue weighted by Crippen LogP contribution is 2.19. The number of amides is 1. The van der Waals surface area contributed by atoms with Crippen LogP contribution >= 0.6 is 0 Å². The first-order chi connectivity index (χ1) is 9.69. The number of para-hydroxylation sites is 1. The summed E-state index contributed by atoms with van der Waals surface area (Å²) in [5, 5.41) is 12.6. The summed E-state index contributed by atoms with van der Waals surface area (Å²) >= 11 is 0. The van der Waals surface area contributed by atoms with E-state index in [0.29, 0.717) is 0 Å². The maximum Gasteiger partial charge on any atom is 0.227 e. The smallest absolute Gasteiger partial charge is 0.227 e. The van der Waals surface area contributed by atoms with Crippen LogP contribution in [0.15, 0.2) is 30.3 Å². The minimum absolute atomic E-state index is 0.0882. The molecule has 1 aliphatic heterocycles. The molecule has 1 unspecified atom stereocenters. The maximum absolute atomic E-state index is 12.2. The number of aliphatic hydroxyl groups excluding tert-OH is 1. The summed E-state index contributed by atoms with van der Waals surface area (Å²) < 4.78 is 0.